The molecule has 0 spiro atoms. The van der Waals surface area contributed by atoms with E-state index in [1.807, 2.05) is 31.2 Å². The van der Waals surface area contributed by atoms with Crippen LogP contribution in [0.15, 0.2) is 70.0 Å². The summed E-state index contributed by atoms with van der Waals surface area (Å²) in [7, 11) is 0. The van der Waals surface area contributed by atoms with Crippen LogP contribution in [-0.2, 0) is 17.5 Å². The lowest BCUT2D eigenvalue weighted by molar-refractivity contribution is -0.385. The van der Waals surface area contributed by atoms with Crippen LogP contribution in [0.25, 0.3) is 6.08 Å². The average molecular weight is 593 g/mol. The summed E-state index contributed by atoms with van der Waals surface area (Å²) in [5, 5.41) is 10.9. The Bertz CT molecular complexity index is 1440. The summed E-state index contributed by atoms with van der Waals surface area (Å²) in [6.07, 6.45) is -3.22. The fourth-order valence-electron chi connectivity index (χ4n) is 3.39. The zero-order chi connectivity index (χ0) is 26.9. The second-order valence-electron chi connectivity index (χ2n) is 7.98. The second kappa shape index (κ2) is 10.4. The van der Waals surface area contributed by atoms with Crippen molar-refractivity contribution in [2.24, 2.45) is 0 Å². The van der Waals surface area contributed by atoms with E-state index in [4.69, 9.17) is 4.74 Å². The lowest BCUT2D eigenvalue weighted by atomic mass is 10.1. The minimum absolute atomic E-state index is 0.104. The third kappa shape index (κ3) is 6.03. The van der Waals surface area contributed by atoms with Gasteiger partial charge in [-0.2, -0.15) is 13.2 Å². The predicted molar refractivity (Wildman–Crippen MR) is 135 cm³/mol. The highest BCUT2D eigenvalue weighted by atomic mass is 79.9. The van der Waals surface area contributed by atoms with Gasteiger partial charge in [0.25, 0.3) is 11.1 Å². The number of carbonyl (C=O) groups is 2. The van der Waals surface area contributed by atoms with Gasteiger partial charge in [-0.1, -0.05) is 35.9 Å². The fourth-order valence-corrected chi connectivity index (χ4v) is 4.71. The Morgan fingerprint density at radius 1 is 1.05 bits per heavy atom. The second-order valence-corrected chi connectivity index (χ2v) is 9.83. The largest absolute Gasteiger partial charge is 0.449 e. The maximum atomic E-state index is 12.9. The van der Waals surface area contributed by atoms with Crippen molar-refractivity contribution in [3.63, 3.8) is 0 Å². The Kier molecular flexibility index (Phi) is 7.42. The van der Waals surface area contributed by atoms with Crippen molar-refractivity contribution in [3.05, 3.63) is 102 Å². The number of rotatable bonds is 6. The highest BCUT2D eigenvalue weighted by molar-refractivity contribution is 9.10. The minimum Gasteiger partial charge on any atom is -0.449 e. The number of nitrogens with zero attached hydrogens (tertiary/aromatic N) is 2. The highest BCUT2D eigenvalue weighted by Gasteiger charge is 2.35. The van der Waals surface area contributed by atoms with Crippen LogP contribution in [0, 0.1) is 17.0 Å². The standard InChI is InChI=1S/C25H16BrF3N2O5S/c1-14-2-4-15(5-3-14)13-30-23(32)22(37-24(30)33)11-16-6-8-20(18(26)10-16)36-21-9-7-17(25(27,28)29)12-19(21)31(34)35/h2-12H,13H2,1H3/b22-11-. The molecule has 0 unspecified atom stereocenters. The summed E-state index contributed by atoms with van der Waals surface area (Å²) in [6, 6.07) is 14.0. The summed E-state index contributed by atoms with van der Waals surface area (Å²) in [4.78, 5) is 37.0. The van der Waals surface area contributed by atoms with E-state index in [2.05, 4.69) is 15.9 Å². The first-order valence-corrected chi connectivity index (χ1v) is 12.2. The summed E-state index contributed by atoms with van der Waals surface area (Å²) in [5.41, 5.74) is 0.395. The molecule has 1 fully saturated rings. The number of halogens is 4. The molecule has 0 atom stereocenters. The molecule has 7 nitrogen and oxygen atoms in total. The Labute approximate surface area is 221 Å². The van der Waals surface area contributed by atoms with E-state index in [0.29, 0.717) is 22.2 Å². The van der Waals surface area contributed by atoms with Crippen LogP contribution in [0.5, 0.6) is 11.5 Å². The number of hydrogen-bond acceptors (Lipinski definition) is 6. The number of nitro benzene ring substituents is 1. The molecule has 0 saturated carbocycles. The normalized spacial score (nSPS) is 14.9. The smallest absolute Gasteiger partial charge is 0.416 e. The van der Waals surface area contributed by atoms with Crippen LogP contribution in [0.3, 0.4) is 0 Å². The van der Waals surface area contributed by atoms with Gasteiger partial charge < -0.3 is 4.74 Å². The maximum Gasteiger partial charge on any atom is 0.416 e. The third-order valence-corrected chi connectivity index (χ3v) is 6.82. The first-order valence-electron chi connectivity index (χ1n) is 10.6. The number of thioether (sulfide) groups is 1. The number of alkyl halides is 3. The molecule has 0 aromatic heterocycles. The van der Waals surface area contributed by atoms with Crippen LogP contribution in [0.2, 0.25) is 0 Å². The molecule has 0 bridgehead atoms. The average Bonchev–Trinajstić information content (AvgIpc) is 3.08. The number of imide groups is 1. The summed E-state index contributed by atoms with van der Waals surface area (Å²) >= 11 is 4.08. The molecule has 3 aromatic carbocycles. The number of hydrogen-bond donors (Lipinski definition) is 0. The maximum absolute atomic E-state index is 12.9. The molecule has 2 amide bonds. The molecule has 1 aliphatic heterocycles. The van der Waals surface area contributed by atoms with E-state index < -0.39 is 33.5 Å². The van der Waals surface area contributed by atoms with Crippen LogP contribution in [0.4, 0.5) is 23.7 Å². The SMILES string of the molecule is Cc1ccc(CN2C(=O)S/C(=C\c3ccc(Oc4ccc(C(F)(F)F)cc4[N+](=O)[O-])c(Br)c3)C2=O)cc1. The zero-order valence-corrected chi connectivity index (χ0v) is 21.3. The zero-order valence-electron chi connectivity index (χ0n) is 18.9. The van der Waals surface area contributed by atoms with Gasteiger partial charge in [0, 0.05) is 6.07 Å². The van der Waals surface area contributed by atoms with Crippen LogP contribution in [-0.4, -0.2) is 21.0 Å². The minimum atomic E-state index is -4.74. The molecule has 3 aromatic rings. The molecular weight excluding hydrogens is 577 g/mol. The molecular formula is C25H16BrF3N2O5S. The van der Waals surface area contributed by atoms with Crippen LogP contribution in [0.1, 0.15) is 22.3 Å². The van der Waals surface area contributed by atoms with Crippen LogP contribution >= 0.6 is 27.7 Å². The highest BCUT2D eigenvalue weighted by Crippen LogP contribution is 2.40. The van der Waals surface area contributed by atoms with E-state index >= 15 is 0 Å². The molecule has 1 saturated heterocycles. The Morgan fingerprint density at radius 3 is 2.35 bits per heavy atom. The van der Waals surface area contributed by atoms with Crippen molar-refractivity contribution in [2.45, 2.75) is 19.6 Å². The number of ether oxygens (including phenoxy) is 1. The Morgan fingerprint density at radius 2 is 1.73 bits per heavy atom. The molecule has 190 valence electrons. The topological polar surface area (TPSA) is 89.8 Å². The van der Waals surface area contributed by atoms with Gasteiger partial charge in [-0.05, 0) is 76.1 Å². The molecule has 1 aliphatic rings. The van der Waals surface area contributed by atoms with E-state index in [-0.39, 0.29) is 22.9 Å². The molecule has 1 heterocycles. The van der Waals surface area contributed by atoms with Gasteiger partial charge in [-0.15, -0.1) is 0 Å². The predicted octanol–water partition coefficient (Wildman–Crippen LogP) is 7.71. The molecule has 0 N–H and O–H groups in total. The summed E-state index contributed by atoms with van der Waals surface area (Å²) in [5.74, 6) is -0.705. The first-order chi connectivity index (χ1) is 17.4. The molecule has 37 heavy (non-hydrogen) atoms. The molecule has 0 radical (unpaired) electrons. The molecule has 4 rings (SSSR count). The number of amides is 2. The molecule has 12 heteroatoms. The van der Waals surface area contributed by atoms with Crippen molar-refractivity contribution >= 4 is 50.6 Å². The van der Waals surface area contributed by atoms with Crippen molar-refractivity contribution in [1.29, 1.82) is 0 Å². The number of aryl methyl sites for hydroxylation is 1. The number of nitro groups is 1. The first kappa shape index (κ1) is 26.4. The van der Waals surface area contributed by atoms with Crippen molar-refractivity contribution in [1.82, 2.24) is 4.90 Å². The van der Waals surface area contributed by atoms with Crippen molar-refractivity contribution in [3.8, 4) is 11.5 Å². The van der Waals surface area contributed by atoms with Gasteiger partial charge in [0.15, 0.2) is 0 Å². The van der Waals surface area contributed by atoms with E-state index in [1.165, 1.54) is 12.1 Å². The van der Waals surface area contributed by atoms with Crippen molar-refractivity contribution in [2.75, 3.05) is 0 Å². The Balaban J connectivity index is 1.53. The summed E-state index contributed by atoms with van der Waals surface area (Å²) < 4.78 is 44.7. The van der Waals surface area contributed by atoms with Gasteiger partial charge in [0.05, 0.1) is 26.4 Å². The van der Waals surface area contributed by atoms with E-state index in [0.717, 1.165) is 33.9 Å². The number of carbonyl (C=O) groups excluding carboxylic acids is 2. The van der Waals surface area contributed by atoms with Crippen molar-refractivity contribution < 1.29 is 32.4 Å². The van der Waals surface area contributed by atoms with E-state index in [1.54, 1.807) is 12.1 Å². The Hall–Kier alpha value is -3.64. The monoisotopic (exact) mass is 592 g/mol. The quantitative estimate of drug-likeness (QED) is 0.165. The van der Waals surface area contributed by atoms with Crippen LogP contribution < -0.4 is 4.74 Å². The number of benzene rings is 3. The summed E-state index contributed by atoms with van der Waals surface area (Å²) in [6.45, 7) is 2.08. The van der Waals surface area contributed by atoms with Gasteiger partial charge >= 0.3 is 11.9 Å². The van der Waals surface area contributed by atoms with Gasteiger partial charge in [-0.3, -0.25) is 24.6 Å². The van der Waals surface area contributed by atoms with Gasteiger partial charge in [-0.25, -0.2) is 0 Å². The van der Waals surface area contributed by atoms with E-state index in [9.17, 15) is 32.9 Å². The van der Waals surface area contributed by atoms with Gasteiger partial charge in [0.2, 0.25) is 5.75 Å². The fraction of sp³-hybridized carbons (Fsp3) is 0.120. The third-order valence-electron chi connectivity index (χ3n) is 5.29. The van der Waals surface area contributed by atoms with Gasteiger partial charge in [0.1, 0.15) is 5.75 Å². The molecule has 0 aliphatic carbocycles. The lowest BCUT2D eigenvalue weighted by Gasteiger charge is -2.12. The lowest BCUT2D eigenvalue weighted by Crippen LogP contribution is -2.27.